The van der Waals surface area contributed by atoms with Crippen molar-refractivity contribution in [3.63, 3.8) is 0 Å². The molecule has 2 heterocycles. The van der Waals surface area contributed by atoms with Crippen LogP contribution in [0.5, 0.6) is 5.75 Å². The van der Waals surface area contributed by atoms with Crippen molar-refractivity contribution < 1.29 is 14.1 Å². The van der Waals surface area contributed by atoms with Gasteiger partial charge in [0.25, 0.3) is 0 Å². The van der Waals surface area contributed by atoms with E-state index in [-0.39, 0.29) is 5.91 Å². The number of benzene rings is 1. The first-order valence-electron chi connectivity index (χ1n) is 7.68. The maximum atomic E-state index is 12.8. The molecule has 1 fully saturated rings. The quantitative estimate of drug-likeness (QED) is 0.760. The molecule has 0 bridgehead atoms. The Morgan fingerprint density at radius 2 is 2.17 bits per heavy atom. The fourth-order valence-electron chi connectivity index (χ4n) is 2.71. The minimum atomic E-state index is -0.581. The van der Waals surface area contributed by atoms with Gasteiger partial charge >= 0.3 is 0 Å². The Labute approximate surface area is 143 Å². The second-order valence-electron chi connectivity index (χ2n) is 5.82. The maximum absolute atomic E-state index is 12.8. The Morgan fingerprint density at radius 3 is 2.88 bits per heavy atom. The lowest BCUT2D eigenvalue weighted by Gasteiger charge is -2.13. The third-order valence-corrected chi connectivity index (χ3v) is 5.16. The van der Waals surface area contributed by atoms with Crippen LogP contribution >= 0.6 is 11.3 Å². The lowest BCUT2D eigenvalue weighted by atomic mass is 10.0. The summed E-state index contributed by atoms with van der Waals surface area (Å²) in [6.45, 7) is 0. The molecular formula is C18H16N2O3S. The number of carbonyl (C=O) groups excluding carboxylic acids is 1. The van der Waals surface area contributed by atoms with Crippen LogP contribution in [0.2, 0.25) is 0 Å². The van der Waals surface area contributed by atoms with Crippen LogP contribution in [0.25, 0.3) is 10.6 Å². The molecule has 1 aromatic carbocycles. The third-order valence-electron chi connectivity index (χ3n) is 4.28. The highest BCUT2D eigenvalue weighted by atomic mass is 32.1. The number of nitrogens with zero attached hydrogens (tertiary/aromatic N) is 1. The third kappa shape index (κ3) is 2.59. The van der Waals surface area contributed by atoms with E-state index in [0.717, 1.165) is 17.7 Å². The van der Waals surface area contributed by atoms with Crippen LogP contribution in [-0.2, 0) is 10.2 Å². The fourth-order valence-corrected chi connectivity index (χ4v) is 3.38. The van der Waals surface area contributed by atoms with E-state index in [1.807, 2.05) is 41.8 Å². The summed E-state index contributed by atoms with van der Waals surface area (Å²) in [5.41, 5.74) is 0.834. The number of methoxy groups -OCH3 is 1. The molecule has 2 aromatic heterocycles. The number of hydrogen-bond acceptors (Lipinski definition) is 5. The van der Waals surface area contributed by atoms with Crippen molar-refractivity contribution in [2.75, 3.05) is 12.4 Å². The van der Waals surface area contributed by atoms with Gasteiger partial charge < -0.3 is 14.6 Å². The zero-order chi connectivity index (χ0) is 16.6. The van der Waals surface area contributed by atoms with E-state index in [0.29, 0.717) is 22.9 Å². The highest BCUT2D eigenvalue weighted by Gasteiger charge is 2.53. The fraction of sp³-hybridized carbons (Fsp3) is 0.222. The van der Waals surface area contributed by atoms with Gasteiger partial charge in [-0.05, 0) is 36.4 Å². The van der Waals surface area contributed by atoms with Crippen LogP contribution in [0, 0.1) is 0 Å². The van der Waals surface area contributed by atoms with E-state index in [1.165, 1.54) is 0 Å². The van der Waals surface area contributed by atoms with Gasteiger partial charge in [-0.25, -0.2) is 0 Å². The van der Waals surface area contributed by atoms with Crippen LogP contribution in [-0.4, -0.2) is 18.2 Å². The molecule has 1 saturated carbocycles. The van der Waals surface area contributed by atoms with Gasteiger partial charge in [0.1, 0.15) is 5.75 Å². The molecule has 24 heavy (non-hydrogen) atoms. The molecule has 1 amide bonds. The molecule has 0 atom stereocenters. The Morgan fingerprint density at radius 1 is 1.29 bits per heavy atom. The molecule has 1 N–H and O–H groups in total. The lowest BCUT2D eigenvalue weighted by Crippen LogP contribution is -2.28. The summed E-state index contributed by atoms with van der Waals surface area (Å²) in [6.07, 6.45) is 1.55. The Hall–Kier alpha value is -2.60. The first-order chi connectivity index (χ1) is 11.7. The molecule has 6 heteroatoms. The Balaban J connectivity index is 1.55. The maximum Gasteiger partial charge on any atom is 0.236 e. The summed E-state index contributed by atoms with van der Waals surface area (Å²) >= 11 is 1.59. The molecule has 1 aliphatic carbocycles. The van der Waals surface area contributed by atoms with E-state index < -0.39 is 5.41 Å². The second kappa shape index (κ2) is 5.79. The monoisotopic (exact) mass is 340 g/mol. The predicted molar refractivity (Wildman–Crippen MR) is 92.4 cm³/mol. The van der Waals surface area contributed by atoms with Gasteiger partial charge in [0, 0.05) is 17.8 Å². The highest BCUT2D eigenvalue weighted by Crippen LogP contribution is 2.49. The molecule has 0 spiro atoms. The van der Waals surface area contributed by atoms with E-state index in [4.69, 9.17) is 9.26 Å². The standard InChI is InChI=1S/C18H16N2O3S/c1-22-13-5-2-4-12(10-13)19-17(21)18(7-8-18)16-11-14(23-20-16)15-6-3-9-24-15/h2-6,9-11H,7-8H2,1H3,(H,19,21). The van der Waals surface area contributed by atoms with Crippen molar-refractivity contribution in [2.45, 2.75) is 18.3 Å². The van der Waals surface area contributed by atoms with Gasteiger partial charge in [0.2, 0.25) is 5.91 Å². The van der Waals surface area contributed by atoms with Crippen molar-refractivity contribution in [1.82, 2.24) is 5.16 Å². The second-order valence-corrected chi connectivity index (χ2v) is 6.77. The summed E-state index contributed by atoms with van der Waals surface area (Å²) in [5, 5.41) is 9.10. The van der Waals surface area contributed by atoms with Crippen LogP contribution in [0.4, 0.5) is 5.69 Å². The van der Waals surface area contributed by atoms with Crippen LogP contribution in [0.3, 0.4) is 0 Å². The van der Waals surface area contributed by atoms with E-state index in [9.17, 15) is 4.79 Å². The molecular weight excluding hydrogens is 324 g/mol. The molecule has 0 unspecified atom stereocenters. The van der Waals surface area contributed by atoms with Crippen molar-refractivity contribution >= 4 is 22.9 Å². The molecule has 4 rings (SSSR count). The number of anilines is 1. The van der Waals surface area contributed by atoms with Crippen molar-refractivity contribution in [1.29, 1.82) is 0 Å². The van der Waals surface area contributed by atoms with E-state index in [2.05, 4.69) is 10.5 Å². The molecule has 0 radical (unpaired) electrons. The first-order valence-corrected chi connectivity index (χ1v) is 8.56. The molecule has 0 saturated heterocycles. The smallest absolute Gasteiger partial charge is 0.236 e. The number of nitrogens with one attached hydrogen (secondary N) is 1. The normalized spacial score (nSPS) is 15.0. The van der Waals surface area contributed by atoms with Gasteiger partial charge in [-0.2, -0.15) is 0 Å². The number of hydrogen-bond donors (Lipinski definition) is 1. The molecule has 3 aromatic rings. The SMILES string of the molecule is COc1cccc(NC(=O)C2(c3cc(-c4cccs4)on3)CC2)c1. The largest absolute Gasteiger partial charge is 0.497 e. The Bertz CT molecular complexity index is 866. The van der Waals surface area contributed by atoms with Gasteiger partial charge in [-0.1, -0.05) is 17.3 Å². The van der Waals surface area contributed by atoms with Crippen molar-refractivity contribution in [3.05, 3.63) is 53.5 Å². The van der Waals surface area contributed by atoms with Gasteiger partial charge in [0.05, 0.1) is 23.1 Å². The summed E-state index contributed by atoms with van der Waals surface area (Å²) in [6, 6.07) is 13.1. The number of amides is 1. The van der Waals surface area contributed by atoms with Gasteiger partial charge in [-0.15, -0.1) is 11.3 Å². The molecule has 122 valence electrons. The topological polar surface area (TPSA) is 64.4 Å². The number of thiophene rings is 1. The first kappa shape index (κ1) is 15.0. The predicted octanol–water partition coefficient (Wildman–Crippen LogP) is 4.08. The van der Waals surface area contributed by atoms with Crippen molar-refractivity contribution in [2.24, 2.45) is 0 Å². The zero-order valence-electron chi connectivity index (χ0n) is 13.1. The number of rotatable bonds is 5. The molecule has 0 aliphatic heterocycles. The van der Waals surface area contributed by atoms with E-state index >= 15 is 0 Å². The number of carbonyl (C=O) groups is 1. The van der Waals surface area contributed by atoms with E-state index in [1.54, 1.807) is 24.5 Å². The van der Waals surface area contributed by atoms with Crippen LogP contribution in [0.1, 0.15) is 18.5 Å². The lowest BCUT2D eigenvalue weighted by molar-refractivity contribution is -0.118. The van der Waals surface area contributed by atoms with Crippen LogP contribution in [0.15, 0.2) is 52.4 Å². The molecule has 5 nitrogen and oxygen atoms in total. The van der Waals surface area contributed by atoms with Crippen LogP contribution < -0.4 is 10.1 Å². The zero-order valence-corrected chi connectivity index (χ0v) is 13.9. The average Bonchev–Trinajstić information content (AvgIpc) is 3.02. The number of aromatic nitrogens is 1. The number of ether oxygens (including phenoxy) is 1. The van der Waals surface area contributed by atoms with Crippen molar-refractivity contribution in [3.8, 4) is 16.4 Å². The summed E-state index contributed by atoms with van der Waals surface area (Å²) < 4.78 is 10.6. The minimum absolute atomic E-state index is 0.0539. The van der Waals surface area contributed by atoms with Gasteiger partial charge in [0.15, 0.2) is 5.76 Å². The average molecular weight is 340 g/mol. The summed E-state index contributed by atoms with van der Waals surface area (Å²) in [7, 11) is 1.60. The molecule has 1 aliphatic rings. The highest BCUT2D eigenvalue weighted by molar-refractivity contribution is 7.13. The minimum Gasteiger partial charge on any atom is -0.497 e. The Kier molecular flexibility index (Phi) is 3.61. The summed E-state index contributed by atoms with van der Waals surface area (Å²) in [4.78, 5) is 13.8. The summed E-state index contributed by atoms with van der Waals surface area (Å²) in [5.74, 6) is 1.36. The van der Waals surface area contributed by atoms with Gasteiger partial charge in [-0.3, -0.25) is 4.79 Å².